The van der Waals surface area contributed by atoms with Crippen molar-refractivity contribution >= 4 is 5.91 Å². The molecule has 2 rings (SSSR count). The van der Waals surface area contributed by atoms with Crippen molar-refractivity contribution in [3.8, 4) is 0 Å². The zero-order valence-corrected chi connectivity index (χ0v) is 9.42. The molecule has 2 heterocycles. The third-order valence-electron chi connectivity index (χ3n) is 3.67. The highest BCUT2D eigenvalue weighted by Crippen LogP contribution is 2.31. The van der Waals surface area contributed by atoms with Gasteiger partial charge in [0.25, 0.3) is 0 Å². The normalized spacial score (nSPS) is 31.9. The standard InChI is InChI=1S/C11H20N2O2/c1-2-11(3-4-12-9-11)10(14)13-5-7-15-8-6-13/h12H,2-9H2,1H3. The molecule has 0 saturated carbocycles. The molecule has 4 nitrogen and oxygen atoms in total. The van der Waals surface area contributed by atoms with E-state index in [4.69, 9.17) is 4.74 Å². The number of nitrogens with zero attached hydrogens (tertiary/aromatic N) is 1. The van der Waals surface area contributed by atoms with Gasteiger partial charge in [0.1, 0.15) is 0 Å². The molecule has 4 heteroatoms. The second-order valence-corrected chi connectivity index (χ2v) is 4.47. The highest BCUT2D eigenvalue weighted by Gasteiger charge is 2.42. The molecule has 2 fully saturated rings. The predicted molar refractivity (Wildman–Crippen MR) is 57.6 cm³/mol. The van der Waals surface area contributed by atoms with Gasteiger partial charge in [-0.25, -0.2) is 0 Å². The molecule has 1 unspecified atom stereocenters. The molecule has 2 aliphatic rings. The van der Waals surface area contributed by atoms with E-state index in [-0.39, 0.29) is 5.41 Å². The molecule has 86 valence electrons. The first-order valence-electron chi connectivity index (χ1n) is 5.86. The molecule has 1 N–H and O–H groups in total. The van der Waals surface area contributed by atoms with E-state index in [0.29, 0.717) is 19.1 Å². The Labute approximate surface area is 91.0 Å². The Morgan fingerprint density at radius 3 is 2.73 bits per heavy atom. The summed E-state index contributed by atoms with van der Waals surface area (Å²) in [5, 5.41) is 3.31. The van der Waals surface area contributed by atoms with Gasteiger partial charge in [-0.05, 0) is 19.4 Å². The Bertz CT molecular complexity index is 231. The van der Waals surface area contributed by atoms with E-state index < -0.39 is 0 Å². The zero-order valence-electron chi connectivity index (χ0n) is 9.42. The second-order valence-electron chi connectivity index (χ2n) is 4.47. The molecule has 15 heavy (non-hydrogen) atoms. The summed E-state index contributed by atoms with van der Waals surface area (Å²) in [6.07, 6.45) is 1.93. The molecule has 1 atom stereocenters. The van der Waals surface area contributed by atoms with Crippen LogP contribution in [0.1, 0.15) is 19.8 Å². The van der Waals surface area contributed by atoms with E-state index >= 15 is 0 Å². The molecule has 2 aliphatic heterocycles. The fourth-order valence-electron chi connectivity index (χ4n) is 2.48. The smallest absolute Gasteiger partial charge is 0.230 e. The lowest BCUT2D eigenvalue weighted by atomic mass is 9.82. The summed E-state index contributed by atoms with van der Waals surface area (Å²) in [6.45, 7) is 6.86. The molecule has 0 aromatic rings. The summed E-state index contributed by atoms with van der Waals surface area (Å²) >= 11 is 0. The summed E-state index contributed by atoms with van der Waals surface area (Å²) in [5.41, 5.74) is -0.128. The maximum Gasteiger partial charge on any atom is 0.230 e. The van der Waals surface area contributed by atoms with Gasteiger partial charge in [-0.1, -0.05) is 6.92 Å². The van der Waals surface area contributed by atoms with Crippen LogP contribution in [0, 0.1) is 5.41 Å². The van der Waals surface area contributed by atoms with Crippen LogP contribution in [-0.2, 0) is 9.53 Å². The van der Waals surface area contributed by atoms with Crippen LogP contribution in [0.5, 0.6) is 0 Å². The van der Waals surface area contributed by atoms with Crippen LogP contribution in [0.2, 0.25) is 0 Å². The van der Waals surface area contributed by atoms with Crippen LogP contribution in [0.25, 0.3) is 0 Å². The largest absolute Gasteiger partial charge is 0.378 e. The molecule has 0 spiro atoms. The third-order valence-corrected chi connectivity index (χ3v) is 3.67. The van der Waals surface area contributed by atoms with E-state index in [2.05, 4.69) is 12.2 Å². The molecule has 2 saturated heterocycles. The van der Waals surface area contributed by atoms with Crippen LogP contribution in [0.4, 0.5) is 0 Å². The summed E-state index contributed by atoms with van der Waals surface area (Å²) in [5.74, 6) is 0.332. The first kappa shape index (κ1) is 10.9. The number of nitrogens with one attached hydrogen (secondary N) is 1. The highest BCUT2D eigenvalue weighted by atomic mass is 16.5. The number of amides is 1. The van der Waals surface area contributed by atoms with Gasteiger partial charge in [0, 0.05) is 19.6 Å². The van der Waals surface area contributed by atoms with Crippen LogP contribution in [0.15, 0.2) is 0 Å². The molecular formula is C11H20N2O2. The summed E-state index contributed by atoms with van der Waals surface area (Å²) < 4.78 is 5.27. The fourth-order valence-corrected chi connectivity index (χ4v) is 2.48. The number of morpholine rings is 1. The Balaban J connectivity index is 2.03. The van der Waals surface area contributed by atoms with E-state index in [1.54, 1.807) is 0 Å². The summed E-state index contributed by atoms with van der Waals surface area (Å²) in [4.78, 5) is 14.4. The minimum absolute atomic E-state index is 0.128. The Hall–Kier alpha value is -0.610. The van der Waals surface area contributed by atoms with E-state index in [1.807, 2.05) is 4.90 Å². The average molecular weight is 212 g/mol. The second kappa shape index (κ2) is 4.49. The SMILES string of the molecule is CCC1(C(=O)N2CCOCC2)CCNC1. The van der Waals surface area contributed by atoms with Crippen LogP contribution in [-0.4, -0.2) is 50.2 Å². The molecule has 0 aromatic heterocycles. The maximum atomic E-state index is 12.4. The molecule has 0 radical (unpaired) electrons. The van der Waals surface area contributed by atoms with Crippen molar-refractivity contribution in [3.05, 3.63) is 0 Å². The van der Waals surface area contributed by atoms with Crippen molar-refractivity contribution in [2.75, 3.05) is 39.4 Å². The third kappa shape index (κ3) is 2.01. The Kier molecular flexibility index (Phi) is 3.26. The van der Waals surface area contributed by atoms with Gasteiger partial charge in [0.05, 0.1) is 18.6 Å². The van der Waals surface area contributed by atoms with Crippen molar-refractivity contribution in [1.29, 1.82) is 0 Å². The monoisotopic (exact) mass is 212 g/mol. The van der Waals surface area contributed by atoms with Gasteiger partial charge in [-0.15, -0.1) is 0 Å². The van der Waals surface area contributed by atoms with Crippen molar-refractivity contribution in [2.24, 2.45) is 5.41 Å². The van der Waals surface area contributed by atoms with Crippen LogP contribution < -0.4 is 5.32 Å². The molecule has 0 bridgehead atoms. The Morgan fingerprint density at radius 2 is 2.20 bits per heavy atom. The quantitative estimate of drug-likeness (QED) is 0.712. The van der Waals surface area contributed by atoms with Crippen LogP contribution >= 0.6 is 0 Å². The fraction of sp³-hybridized carbons (Fsp3) is 0.909. The minimum atomic E-state index is -0.128. The summed E-state index contributed by atoms with van der Waals surface area (Å²) in [7, 11) is 0. The lowest BCUT2D eigenvalue weighted by Crippen LogP contribution is -2.49. The van der Waals surface area contributed by atoms with Gasteiger partial charge < -0.3 is 15.0 Å². The molecular weight excluding hydrogens is 192 g/mol. The number of carbonyl (C=O) groups is 1. The number of hydrogen-bond acceptors (Lipinski definition) is 3. The van der Waals surface area contributed by atoms with Gasteiger partial charge in [0.15, 0.2) is 0 Å². The van der Waals surface area contributed by atoms with E-state index in [9.17, 15) is 4.79 Å². The van der Waals surface area contributed by atoms with Crippen molar-refractivity contribution in [2.45, 2.75) is 19.8 Å². The number of rotatable bonds is 2. The topological polar surface area (TPSA) is 41.6 Å². The highest BCUT2D eigenvalue weighted by molar-refractivity contribution is 5.83. The Morgan fingerprint density at radius 1 is 1.47 bits per heavy atom. The van der Waals surface area contributed by atoms with E-state index in [1.165, 1.54) is 0 Å². The van der Waals surface area contributed by atoms with Gasteiger partial charge in [-0.3, -0.25) is 4.79 Å². The van der Waals surface area contributed by atoms with Gasteiger partial charge >= 0.3 is 0 Å². The summed E-state index contributed by atoms with van der Waals surface area (Å²) in [6, 6.07) is 0. The van der Waals surface area contributed by atoms with E-state index in [0.717, 1.165) is 39.0 Å². The van der Waals surface area contributed by atoms with Gasteiger partial charge in [0.2, 0.25) is 5.91 Å². The first-order chi connectivity index (χ1) is 7.28. The maximum absolute atomic E-state index is 12.4. The zero-order chi connectivity index (χ0) is 10.7. The van der Waals surface area contributed by atoms with Crippen LogP contribution in [0.3, 0.4) is 0 Å². The minimum Gasteiger partial charge on any atom is -0.378 e. The number of ether oxygens (including phenoxy) is 1. The predicted octanol–water partition coefficient (Wildman–Crippen LogP) is 0.235. The molecule has 0 aromatic carbocycles. The molecule has 0 aliphatic carbocycles. The van der Waals surface area contributed by atoms with Crippen molar-refractivity contribution < 1.29 is 9.53 Å². The van der Waals surface area contributed by atoms with Crippen molar-refractivity contribution in [3.63, 3.8) is 0 Å². The number of hydrogen-bond donors (Lipinski definition) is 1. The lowest BCUT2D eigenvalue weighted by Gasteiger charge is -2.35. The number of carbonyl (C=O) groups excluding carboxylic acids is 1. The van der Waals surface area contributed by atoms with Gasteiger partial charge in [-0.2, -0.15) is 0 Å². The molecule has 1 amide bonds. The first-order valence-corrected chi connectivity index (χ1v) is 5.86. The average Bonchev–Trinajstić information content (AvgIpc) is 2.79. The lowest BCUT2D eigenvalue weighted by molar-refractivity contribution is -0.145. The van der Waals surface area contributed by atoms with Crippen molar-refractivity contribution in [1.82, 2.24) is 10.2 Å².